The van der Waals surface area contributed by atoms with E-state index in [9.17, 15) is 4.79 Å². The van der Waals surface area contributed by atoms with Crippen LogP contribution in [-0.2, 0) is 11.2 Å². The van der Waals surface area contributed by atoms with E-state index in [1.165, 1.54) is 11.3 Å². The molecule has 0 unspecified atom stereocenters. The van der Waals surface area contributed by atoms with Gasteiger partial charge in [0.05, 0.1) is 24.4 Å². The Balaban J connectivity index is 1.53. The average molecular weight is 377 g/mol. The maximum Gasteiger partial charge on any atom is 0.230 e. The Kier molecular flexibility index (Phi) is 4.89. The molecule has 2 aromatic heterocycles. The number of nitrogens with zero attached hydrogens (tertiary/aromatic N) is 2. The normalized spacial score (nSPS) is 10.9. The first-order chi connectivity index (χ1) is 13.2. The summed E-state index contributed by atoms with van der Waals surface area (Å²) in [6.07, 6.45) is 2.25. The molecule has 5 nitrogen and oxygen atoms in total. The van der Waals surface area contributed by atoms with E-state index in [0.29, 0.717) is 18.0 Å². The van der Waals surface area contributed by atoms with Gasteiger partial charge >= 0.3 is 0 Å². The maximum atomic E-state index is 12.6. The van der Waals surface area contributed by atoms with Crippen LogP contribution in [0.1, 0.15) is 12.6 Å². The molecule has 0 aliphatic heterocycles. The van der Waals surface area contributed by atoms with Crippen molar-refractivity contribution >= 4 is 27.9 Å². The van der Waals surface area contributed by atoms with E-state index >= 15 is 0 Å². The quantitative estimate of drug-likeness (QED) is 0.532. The van der Waals surface area contributed by atoms with Crippen molar-refractivity contribution in [2.75, 3.05) is 11.9 Å². The summed E-state index contributed by atoms with van der Waals surface area (Å²) in [5.41, 5.74) is 3.57. The molecule has 1 N–H and O–H groups in total. The van der Waals surface area contributed by atoms with Crippen molar-refractivity contribution in [3.05, 3.63) is 71.9 Å². The number of amides is 1. The fourth-order valence-corrected chi connectivity index (χ4v) is 3.79. The highest BCUT2D eigenvalue weighted by atomic mass is 32.1. The van der Waals surface area contributed by atoms with Crippen molar-refractivity contribution in [2.24, 2.45) is 0 Å². The van der Waals surface area contributed by atoms with Crippen LogP contribution in [0.5, 0.6) is 5.75 Å². The van der Waals surface area contributed by atoms with Crippen LogP contribution in [0, 0.1) is 0 Å². The van der Waals surface area contributed by atoms with E-state index in [4.69, 9.17) is 4.74 Å². The van der Waals surface area contributed by atoms with Crippen LogP contribution in [0.25, 0.3) is 16.2 Å². The molecule has 1 amide bonds. The second-order valence-corrected chi connectivity index (χ2v) is 6.86. The molecule has 4 rings (SSSR count). The van der Waals surface area contributed by atoms with Crippen LogP contribution < -0.4 is 10.1 Å². The monoisotopic (exact) mass is 377 g/mol. The Hall–Kier alpha value is -3.12. The predicted octanol–water partition coefficient (Wildman–Crippen LogP) is 4.64. The zero-order chi connectivity index (χ0) is 18.6. The molecular weight excluding hydrogens is 358 g/mol. The number of imidazole rings is 1. The maximum absolute atomic E-state index is 12.6. The lowest BCUT2D eigenvalue weighted by Crippen LogP contribution is -2.16. The second kappa shape index (κ2) is 7.63. The number of nitrogens with one attached hydrogen (secondary N) is 1. The van der Waals surface area contributed by atoms with Gasteiger partial charge < -0.3 is 10.1 Å². The van der Waals surface area contributed by atoms with E-state index in [1.54, 1.807) is 0 Å². The summed E-state index contributed by atoms with van der Waals surface area (Å²) in [7, 11) is 0. The minimum absolute atomic E-state index is 0.0863. The molecule has 0 radical (unpaired) electrons. The van der Waals surface area contributed by atoms with Crippen LogP contribution >= 0.6 is 11.3 Å². The van der Waals surface area contributed by atoms with E-state index in [1.807, 2.05) is 77.5 Å². The first-order valence-electron chi connectivity index (χ1n) is 8.77. The van der Waals surface area contributed by atoms with Gasteiger partial charge in [-0.15, -0.1) is 11.3 Å². The van der Waals surface area contributed by atoms with Crippen LogP contribution in [0.3, 0.4) is 0 Å². The molecule has 4 aromatic rings. The zero-order valence-corrected chi connectivity index (χ0v) is 15.7. The third kappa shape index (κ3) is 3.71. The number of thiazole rings is 1. The summed E-state index contributed by atoms with van der Waals surface area (Å²) in [6.45, 7) is 2.47. The fourth-order valence-electron chi connectivity index (χ4n) is 2.91. The molecule has 0 saturated heterocycles. The van der Waals surface area contributed by atoms with Gasteiger partial charge in [0.1, 0.15) is 5.75 Å². The number of carbonyl (C=O) groups is 1. The number of hydrogen-bond acceptors (Lipinski definition) is 4. The van der Waals surface area contributed by atoms with Crippen molar-refractivity contribution in [2.45, 2.75) is 13.3 Å². The molecule has 0 fully saturated rings. The first-order valence-corrected chi connectivity index (χ1v) is 9.65. The summed E-state index contributed by atoms with van der Waals surface area (Å²) in [5, 5.41) is 4.92. The Labute approximate surface area is 161 Å². The minimum atomic E-state index is -0.0863. The minimum Gasteiger partial charge on any atom is -0.492 e. The van der Waals surface area contributed by atoms with Crippen molar-refractivity contribution in [3.8, 4) is 17.0 Å². The number of rotatable bonds is 6. The van der Waals surface area contributed by atoms with Crippen molar-refractivity contribution in [1.82, 2.24) is 9.38 Å². The SMILES string of the molecule is CCOc1ccccc1NC(=O)Cc1csc2nc(-c3ccccc3)cn12. The molecule has 2 aromatic carbocycles. The molecule has 0 saturated carbocycles. The summed E-state index contributed by atoms with van der Waals surface area (Å²) >= 11 is 1.54. The van der Waals surface area contributed by atoms with Gasteiger partial charge in [-0.2, -0.15) is 0 Å². The van der Waals surface area contributed by atoms with Gasteiger partial charge in [0.2, 0.25) is 5.91 Å². The molecule has 0 aliphatic carbocycles. The molecule has 0 aliphatic rings. The summed E-state index contributed by atoms with van der Waals surface area (Å²) in [4.78, 5) is 18.1. The topological polar surface area (TPSA) is 55.6 Å². The van der Waals surface area contributed by atoms with E-state index in [0.717, 1.165) is 21.9 Å². The molecule has 0 spiro atoms. The van der Waals surface area contributed by atoms with Gasteiger partial charge in [-0.25, -0.2) is 4.98 Å². The van der Waals surface area contributed by atoms with Crippen LogP contribution in [0.2, 0.25) is 0 Å². The van der Waals surface area contributed by atoms with Gasteiger partial charge in [0, 0.05) is 22.8 Å². The lowest BCUT2D eigenvalue weighted by Gasteiger charge is -2.11. The predicted molar refractivity (Wildman–Crippen MR) is 108 cm³/mol. The highest BCUT2D eigenvalue weighted by Crippen LogP contribution is 2.26. The molecule has 136 valence electrons. The summed E-state index contributed by atoms with van der Waals surface area (Å²) in [5.74, 6) is 0.592. The molecule has 2 heterocycles. The number of aromatic nitrogens is 2. The Morgan fingerprint density at radius 1 is 1.15 bits per heavy atom. The van der Waals surface area contributed by atoms with Gasteiger partial charge in [-0.1, -0.05) is 42.5 Å². The van der Waals surface area contributed by atoms with Crippen molar-refractivity contribution in [1.29, 1.82) is 0 Å². The summed E-state index contributed by atoms with van der Waals surface area (Å²) in [6, 6.07) is 17.5. The first kappa shape index (κ1) is 17.3. The van der Waals surface area contributed by atoms with Gasteiger partial charge in [-0.05, 0) is 19.1 Å². The molecule has 6 heteroatoms. The van der Waals surface area contributed by atoms with Gasteiger partial charge in [0.15, 0.2) is 4.96 Å². The highest BCUT2D eigenvalue weighted by molar-refractivity contribution is 7.15. The van der Waals surface area contributed by atoms with Crippen molar-refractivity contribution in [3.63, 3.8) is 0 Å². The molecule has 0 atom stereocenters. The number of carbonyl (C=O) groups excluding carboxylic acids is 1. The second-order valence-electron chi connectivity index (χ2n) is 6.03. The fraction of sp³-hybridized carbons (Fsp3) is 0.143. The number of benzene rings is 2. The number of hydrogen-bond donors (Lipinski definition) is 1. The Morgan fingerprint density at radius 3 is 2.74 bits per heavy atom. The lowest BCUT2D eigenvalue weighted by molar-refractivity contribution is -0.115. The number of anilines is 1. The van der Waals surface area contributed by atoms with Gasteiger partial charge in [-0.3, -0.25) is 9.20 Å². The smallest absolute Gasteiger partial charge is 0.230 e. The Bertz CT molecular complexity index is 1070. The number of para-hydroxylation sites is 2. The largest absolute Gasteiger partial charge is 0.492 e. The van der Waals surface area contributed by atoms with E-state index < -0.39 is 0 Å². The third-order valence-corrected chi connectivity index (χ3v) is 5.04. The molecular formula is C21H19N3O2S. The highest BCUT2D eigenvalue weighted by Gasteiger charge is 2.14. The van der Waals surface area contributed by atoms with Crippen molar-refractivity contribution < 1.29 is 9.53 Å². The van der Waals surface area contributed by atoms with Crippen LogP contribution in [0.15, 0.2) is 66.2 Å². The van der Waals surface area contributed by atoms with E-state index in [-0.39, 0.29) is 12.3 Å². The number of ether oxygens (including phenoxy) is 1. The standard InChI is InChI=1S/C21H19N3O2S/c1-2-26-19-11-7-6-10-17(19)22-20(25)12-16-14-27-21-23-18(13-24(16)21)15-8-4-3-5-9-15/h3-11,13-14H,2,12H2,1H3,(H,22,25). The molecule has 27 heavy (non-hydrogen) atoms. The number of fused-ring (bicyclic) bond motifs is 1. The summed E-state index contributed by atoms with van der Waals surface area (Å²) < 4.78 is 7.55. The average Bonchev–Trinajstić information content (AvgIpc) is 3.26. The Morgan fingerprint density at radius 2 is 1.93 bits per heavy atom. The van der Waals surface area contributed by atoms with Crippen LogP contribution in [0.4, 0.5) is 5.69 Å². The lowest BCUT2D eigenvalue weighted by atomic mass is 10.2. The third-order valence-electron chi connectivity index (χ3n) is 4.16. The van der Waals surface area contributed by atoms with E-state index in [2.05, 4.69) is 10.3 Å². The van der Waals surface area contributed by atoms with Gasteiger partial charge in [0.25, 0.3) is 0 Å². The molecule has 0 bridgehead atoms. The zero-order valence-electron chi connectivity index (χ0n) is 14.9. The van der Waals surface area contributed by atoms with Crippen LogP contribution in [-0.4, -0.2) is 21.9 Å².